The minimum Gasteiger partial charge on any atom is -0.472 e. The number of aromatic nitrogens is 4. The van der Waals surface area contributed by atoms with Gasteiger partial charge in [0.2, 0.25) is 5.91 Å². The van der Waals surface area contributed by atoms with Crippen LogP contribution in [0.1, 0.15) is 19.9 Å². The van der Waals surface area contributed by atoms with Crippen LogP contribution in [-0.2, 0) is 14.4 Å². The molecule has 116 valence electrons. The Bertz CT molecular complexity index is 664. The fraction of sp³-hybridized carbons (Fsp3) is 0.545. The number of carboxylic acids is 1. The summed E-state index contributed by atoms with van der Waals surface area (Å²) in [5, 5.41) is 22.5. The van der Waals surface area contributed by atoms with E-state index in [4.69, 9.17) is 10.6 Å². The van der Waals surface area contributed by atoms with E-state index in [2.05, 4.69) is 25.5 Å². The minimum atomic E-state index is -1.63. The maximum Gasteiger partial charge on any atom is 0.441 e. The van der Waals surface area contributed by atoms with E-state index < -0.39 is 41.4 Å². The number of carboxylic acid groups (broad SMARTS) is 1. The van der Waals surface area contributed by atoms with Gasteiger partial charge in [0, 0.05) is 5.92 Å². The largest absolute Gasteiger partial charge is 0.472 e. The highest BCUT2D eigenvalue weighted by atomic mass is 16.4. The topological polar surface area (TPSA) is 163 Å². The van der Waals surface area contributed by atoms with Crippen molar-refractivity contribution in [1.82, 2.24) is 25.5 Å². The van der Waals surface area contributed by atoms with Crippen LogP contribution in [0.4, 0.5) is 0 Å². The summed E-state index contributed by atoms with van der Waals surface area (Å²) in [6.45, 7) is 3.14. The van der Waals surface area contributed by atoms with Gasteiger partial charge < -0.3 is 16.0 Å². The lowest BCUT2D eigenvalue weighted by atomic mass is 9.76. The van der Waals surface area contributed by atoms with Gasteiger partial charge >= 0.3 is 11.7 Å². The second-order valence-electron chi connectivity index (χ2n) is 4.96. The van der Waals surface area contributed by atoms with Crippen LogP contribution in [0, 0.1) is 11.8 Å². The second kappa shape index (κ2) is 5.82. The van der Waals surface area contributed by atoms with E-state index in [1.54, 1.807) is 6.92 Å². The van der Waals surface area contributed by atoms with Crippen molar-refractivity contribution in [2.75, 3.05) is 0 Å². The van der Waals surface area contributed by atoms with Gasteiger partial charge in [0.05, 0.1) is 18.0 Å². The first-order chi connectivity index (χ1) is 10.4. The van der Waals surface area contributed by atoms with E-state index in [0.717, 1.165) is 0 Å². The summed E-state index contributed by atoms with van der Waals surface area (Å²) in [7, 11) is 0. The molecule has 2 heterocycles. The lowest BCUT2D eigenvalue weighted by Crippen LogP contribution is -2.65. The summed E-state index contributed by atoms with van der Waals surface area (Å²) in [6, 6.07) is -1.08. The third-order valence-electron chi connectivity index (χ3n) is 3.74. The van der Waals surface area contributed by atoms with E-state index in [1.807, 2.05) is 0 Å². The number of aliphatic carboxylic acids is 1. The third kappa shape index (κ3) is 2.49. The summed E-state index contributed by atoms with van der Waals surface area (Å²) in [5.41, 5.74) is 7.66. The predicted molar refractivity (Wildman–Crippen MR) is 68.4 cm³/mol. The standard InChI is InChI=1S/C11H13N7O4/c1-4(9(19)8(16-12)11(21)22)7-6(10(20)15-7)5(2)18-14-3-13-17-18/h3-7H,1-2H3,(H,15,20)(H,21,22)/t4?,5-,6-,7-/m1/s1. The fourth-order valence-corrected chi connectivity index (χ4v) is 2.45. The van der Waals surface area contributed by atoms with Crippen LogP contribution >= 0.6 is 0 Å². The van der Waals surface area contributed by atoms with Gasteiger partial charge in [0.1, 0.15) is 0 Å². The van der Waals surface area contributed by atoms with E-state index in [9.17, 15) is 14.4 Å². The number of Topliss-reactive ketones (excluding diaryl/α,β-unsaturated/α-hetero) is 1. The van der Waals surface area contributed by atoms with Crippen LogP contribution < -0.4 is 5.32 Å². The number of ketones is 1. The number of nitrogens with zero attached hydrogens (tertiary/aromatic N) is 6. The van der Waals surface area contributed by atoms with Gasteiger partial charge in [0.15, 0.2) is 6.33 Å². The Labute approximate surface area is 123 Å². The van der Waals surface area contributed by atoms with Crippen LogP contribution in [0.5, 0.6) is 0 Å². The molecule has 2 N–H and O–H groups in total. The molecule has 1 aliphatic heterocycles. The zero-order chi connectivity index (χ0) is 16.4. The first-order valence-corrected chi connectivity index (χ1v) is 6.40. The normalized spacial score (nSPS) is 22.7. The molecule has 0 aromatic carbocycles. The maximum absolute atomic E-state index is 12.0. The smallest absolute Gasteiger partial charge is 0.441 e. The zero-order valence-electron chi connectivity index (χ0n) is 11.7. The molecule has 1 saturated heterocycles. The summed E-state index contributed by atoms with van der Waals surface area (Å²) in [6.07, 6.45) is 1.22. The van der Waals surface area contributed by atoms with Gasteiger partial charge in [-0.25, -0.2) is 4.79 Å². The SMILES string of the molecule is CC(C(=O)C(=[N+]=[N-])C(=O)O)[C@H]1NC(=O)[C@@H]1[C@@H](C)n1ncnn1. The molecule has 11 nitrogen and oxygen atoms in total. The molecule has 1 amide bonds. The maximum atomic E-state index is 12.0. The lowest BCUT2D eigenvalue weighted by molar-refractivity contribution is -0.142. The summed E-state index contributed by atoms with van der Waals surface area (Å²) < 4.78 is 0. The number of β-lactam (4-membered cyclic amide) rings is 1. The summed E-state index contributed by atoms with van der Waals surface area (Å²) in [4.78, 5) is 38.4. The molecule has 0 spiro atoms. The van der Waals surface area contributed by atoms with Crippen LogP contribution in [-0.4, -0.2) is 59.5 Å². The molecule has 2 rings (SSSR count). The number of nitrogens with one attached hydrogen (secondary N) is 1. The van der Waals surface area contributed by atoms with E-state index in [0.29, 0.717) is 0 Å². The molecule has 0 saturated carbocycles. The summed E-state index contributed by atoms with van der Waals surface area (Å²) >= 11 is 0. The molecule has 1 aromatic heterocycles. The van der Waals surface area contributed by atoms with Crippen LogP contribution in [0.15, 0.2) is 6.33 Å². The Morgan fingerprint density at radius 3 is 2.64 bits per heavy atom. The third-order valence-corrected chi connectivity index (χ3v) is 3.74. The van der Waals surface area contributed by atoms with Crippen LogP contribution in [0.25, 0.3) is 5.53 Å². The molecule has 0 radical (unpaired) electrons. The zero-order valence-corrected chi connectivity index (χ0v) is 11.7. The van der Waals surface area contributed by atoms with Gasteiger partial charge in [-0.1, -0.05) is 6.92 Å². The molecule has 4 atom stereocenters. The molecule has 11 heteroatoms. The average Bonchev–Trinajstić information content (AvgIpc) is 2.98. The fourth-order valence-electron chi connectivity index (χ4n) is 2.45. The first kappa shape index (κ1) is 15.4. The quantitative estimate of drug-likeness (QED) is 0.208. The molecule has 0 bridgehead atoms. The lowest BCUT2D eigenvalue weighted by Gasteiger charge is -2.41. The number of hydrogen-bond donors (Lipinski definition) is 2. The van der Waals surface area contributed by atoms with Crippen molar-refractivity contribution in [2.45, 2.75) is 25.9 Å². The highest BCUT2D eigenvalue weighted by Gasteiger charge is 2.51. The Hall–Kier alpha value is -2.94. The van der Waals surface area contributed by atoms with E-state index in [1.165, 1.54) is 18.0 Å². The number of tetrazole rings is 1. The average molecular weight is 307 g/mol. The van der Waals surface area contributed by atoms with Gasteiger partial charge in [-0.2, -0.15) is 9.59 Å². The van der Waals surface area contributed by atoms with Gasteiger partial charge in [0.25, 0.3) is 5.78 Å². The Morgan fingerprint density at radius 2 is 2.18 bits per heavy atom. The summed E-state index contributed by atoms with van der Waals surface area (Å²) in [5.74, 6) is -4.30. The van der Waals surface area contributed by atoms with E-state index >= 15 is 0 Å². The number of amides is 1. The molecular formula is C11H13N7O4. The van der Waals surface area contributed by atoms with Crippen molar-refractivity contribution < 1.29 is 24.3 Å². The van der Waals surface area contributed by atoms with Crippen molar-refractivity contribution in [3.05, 3.63) is 11.9 Å². The van der Waals surface area contributed by atoms with Gasteiger partial charge in [-0.15, -0.1) is 10.2 Å². The number of rotatable bonds is 6. The van der Waals surface area contributed by atoms with Gasteiger partial charge in [-0.3, -0.25) is 9.59 Å². The molecule has 1 aromatic rings. The first-order valence-electron chi connectivity index (χ1n) is 6.40. The van der Waals surface area contributed by atoms with Crippen molar-refractivity contribution in [1.29, 1.82) is 0 Å². The number of carbonyl (C=O) groups excluding carboxylic acids is 2. The van der Waals surface area contributed by atoms with Gasteiger partial charge in [-0.05, 0) is 12.1 Å². The Morgan fingerprint density at radius 1 is 1.50 bits per heavy atom. The Kier molecular flexibility index (Phi) is 4.08. The molecular weight excluding hydrogens is 294 g/mol. The molecule has 1 fully saturated rings. The molecule has 1 aliphatic rings. The number of carbonyl (C=O) groups is 3. The van der Waals surface area contributed by atoms with Crippen LogP contribution in [0.2, 0.25) is 0 Å². The second-order valence-corrected chi connectivity index (χ2v) is 4.96. The van der Waals surface area contributed by atoms with Crippen molar-refractivity contribution in [3.8, 4) is 0 Å². The minimum absolute atomic E-state index is 0.299. The molecule has 0 aliphatic carbocycles. The molecule has 22 heavy (non-hydrogen) atoms. The van der Waals surface area contributed by atoms with Crippen molar-refractivity contribution in [2.24, 2.45) is 11.8 Å². The monoisotopic (exact) mass is 307 g/mol. The highest BCUT2D eigenvalue weighted by molar-refractivity contribution is 6.62. The number of hydrogen-bond acceptors (Lipinski definition) is 6. The Balaban J connectivity index is 2.18. The predicted octanol–water partition coefficient (Wildman–Crippen LogP) is -1.69. The molecule has 1 unspecified atom stereocenters. The van der Waals surface area contributed by atoms with Crippen molar-refractivity contribution in [3.63, 3.8) is 0 Å². The highest BCUT2D eigenvalue weighted by Crippen LogP contribution is 2.31. The van der Waals surface area contributed by atoms with Crippen molar-refractivity contribution >= 4 is 23.4 Å². The van der Waals surface area contributed by atoms with E-state index in [-0.39, 0.29) is 5.91 Å². The van der Waals surface area contributed by atoms with Crippen LogP contribution in [0.3, 0.4) is 0 Å².